The monoisotopic (exact) mass is 456 g/mol. The number of fused-ring (bicyclic) bond motifs is 1. The van der Waals surface area contributed by atoms with E-state index in [0.29, 0.717) is 30.3 Å². The number of hydrogen-bond donors (Lipinski definition) is 1. The van der Waals surface area contributed by atoms with Crippen molar-refractivity contribution in [2.24, 2.45) is 0 Å². The van der Waals surface area contributed by atoms with E-state index in [2.05, 4.69) is 5.32 Å². The highest BCUT2D eigenvalue weighted by atomic mass is 35.5. The van der Waals surface area contributed by atoms with Gasteiger partial charge in [0.1, 0.15) is 5.75 Å². The van der Waals surface area contributed by atoms with Crippen LogP contribution in [0.15, 0.2) is 77.7 Å². The lowest BCUT2D eigenvalue weighted by atomic mass is 10.2. The van der Waals surface area contributed by atoms with E-state index in [4.69, 9.17) is 16.3 Å². The van der Waals surface area contributed by atoms with Crippen molar-refractivity contribution in [3.63, 3.8) is 0 Å². The first-order valence-corrected chi connectivity index (χ1v) is 11.6. The number of sulfonamides is 1. The van der Waals surface area contributed by atoms with Crippen LogP contribution in [0.4, 0.5) is 5.69 Å². The molecule has 1 heterocycles. The van der Waals surface area contributed by atoms with Crippen molar-refractivity contribution in [3.8, 4) is 5.75 Å². The predicted molar refractivity (Wildman–Crippen MR) is 120 cm³/mol. The summed E-state index contributed by atoms with van der Waals surface area (Å²) >= 11 is 6.07. The molecule has 1 aliphatic rings. The van der Waals surface area contributed by atoms with Crippen molar-refractivity contribution in [2.45, 2.75) is 17.9 Å². The number of halogens is 1. The minimum absolute atomic E-state index is 0.180. The second kappa shape index (κ2) is 8.99. The molecule has 1 amide bonds. The van der Waals surface area contributed by atoms with Crippen LogP contribution < -0.4 is 14.4 Å². The number of ether oxygens (including phenoxy) is 1. The van der Waals surface area contributed by atoms with E-state index in [9.17, 15) is 13.2 Å². The zero-order valence-electron chi connectivity index (χ0n) is 16.6. The SMILES string of the molecule is O=C(COc1ccc(S(=O)(=O)N2CCc3ccccc32)cc1)NCc1ccccc1Cl. The van der Waals surface area contributed by atoms with E-state index in [1.165, 1.54) is 16.4 Å². The summed E-state index contributed by atoms with van der Waals surface area (Å²) in [5.41, 5.74) is 2.56. The molecule has 0 fully saturated rings. The Morgan fingerprint density at radius 1 is 1.00 bits per heavy atom. The topological polar surface area (TPSA) is 75.7 Å². The molecule has 0 bridgehead atoms. The van der Waals surface area contributed by atoms with Gasteiger partial charge in [0.15, 0.2) is 6.61 Å². The van der Waals surface area contributed by atoms with Crippen molar-refractivity contribution >= 4 is 33.2 Å². The molecule has 1 aliphatic heterocycles. The molecule has 0 radical (unpaired) electrons. The first-order chi connectivity index (χ1) is 14.9. The van der Waals surface area contributed by atoms with Crippen LogP contribution in [-0.2, 0) is 27.8 Å². The molecule has 4 rings (SSSR count). The Hall–Kier alpha value is -3.03. The van der Waals surface area contributed by atoms with Crippen molar-refractivity contribution in [1.29, 1.82) is 0 Å². The third-order valence-corrected chi connectivity index (χ3v) is 7.26. The number of amides is 1. The molecule has 0 saturated carbocycles. The van der Waals surface area contributed by atoms with Crippen LogP contribution in [0.25, 0.3) is 0 Å². The van der Waals surface area contributed by atoms with E-state index in [0.717, 1.165) is 16.8 Å². The van der Waals surface area contributed by atoms with E-state index in [1.54, 1.807) is 18.2 Å². The van der Waals surface area contributed by atoms with Crippen LogP contribution in [0, 0.1) is 0 Å². The molecule has 1 N–H and O–H groups in total. The Balaban J connectivity index is 1.35. The van der Waals surface area contributed by atoms with Crippen LogP contribution in [0.1, 0.15) is 11.1 Å². The quantitative estimate of drug-likeness (QED) is 0.587. The third-order valence-electron chi connectivity index (χ3n) is 5.06. The number of carbonyl (C=O) groups is 1. The molecule has 8 heteroatoms. The molecule has 0 aromatic heterocycles. The number of para-hydroxylation sites is 1. The first-order valence-electron chi connectivity index (χ1n) is 9.79. The fourth-order valence-corrected chi connectivity index (χ4v) is 5.13. The normalized spacial score (nSPS) is 13.0. The van der Waals surface area contributed by atoms with Gasteiger partial charge >= 0.3 is 0 Å². The molecule has 6 nitrogen and oxygen atoms in total. The number of rotatable bonds is 7. The highest BCUT2D eigenvalue weighted by molar-refractivity contribution is 7.92. The summed E-state index contributed by atoms with van der Waals surface area (Å²) < 4.78 is 33.0. The summed E-state index contributed by atoms with van der Waals surface area (Å²) in [6.07, 6.45) is 0.694. The average molecular weight is 457 g/mol. The molecule has 3 aromatic rings. The molecule has 0 atom stereocenters. The van der Waals surface area contributed by atoms with Crippen molar-refractivity contribution in [2.75, 3.05) is 17.5 Å². The van der Waals surface area contributed by atoms with E-state index < -0.39 is 10.0 Å². The molecule has 3 aromatic carbocycles. The zero-order valence-corrected chi connectivity index (χ0v) is 18.2. The van der Waals surface area contributed by atoms with Gasteiger partial charge in [0.25, 0.3) is 15.9 Å². The molecule has 0 unspecified atom stereocenters. The van der Waals surface area contributed by atoms with Gasteiger partial charge < -0.3 is 10.1 Å². The minimum Gasteiger partial charge on any atom is -0.484 e. The second-order valence-corrected chi connectivity index (χ2v) is 9.35. The van der Waals surface area contributed by atoms with Gasteiger partial charge in [-0.3, -0.25) is 9.10 Å². The summed E-state index contributed by atoms with van der Waals surface area (Å²) in [7, 11) is -3.66. The molecular weight excluding hydrogens is 436 g/mol. The van der Waals surface area contributed by atoms with E-state index in [1.807, 2.05) is 42.5 Å². The van der Waals surface area contributed by atoms with E-state index >= 15 is 0 Å². The maximum Gasteiger partial charge on any atom is 0.264 e. The summed E-state index contributed by atoms with van der Waals surface area (Å²) in [5.74, 6) is 0.110. The van der Waals surface area contributed by atoms with Crippen LogP contribution >= 0.6 is 11.6 Å². The first kappa shape index (κ1) is 21.2. The van der Waals surface area contributed by atoms with E-state index in [-0.39, 0.29) is 17.4 Å². The Morgan fingerprint density at radius 2 is 1.71 bits per heavy atom. The predicted octanol–water partition coefficient (Wildman–Crippen LogP) is 3.79. The summed E-state index contributed by atoms with van der Waals surface area (Å²) in [6.45, 7) is 0.540. The van der Waals surface area contributed by atoms with Crippen molar-refractivity contribution in [3.05, 3.63) is 88.9 Å². The maximum absolute atomic E-state index is 13.0. The van der Waals surface area contributed by atoms with Gasteiger partial charge in [-0.25, -0.2) is 8.42 Å². The van der Waals surface area contributed by atoms with Gasteiger partial charge in [-0.05, 0) is 53.9 Å². The lowest BCUT2D eigenvalue weighted by molar-refractivity contribution is -0.123. The minimum atomic E-state index is -3.66. The van der Waals surface area contributed by atoms with Gasteiger partial charge in [0.05, 0.1) is 10.6 Å². The van der Waals surface area contributed by atoms with Gasteiger partial charge in [-0.15, -0.1) is 0 Å². The van der Waals surface area contributed by atoms with Gasteiger partial charge in [-0.1, -0.05) is 48.0 Å². The second-order valence-electron chi connectivity index (χ2n) is 7.08. The number of nitrogens with one attached hydrogen (secondary N) is 1. The lowest BCUT2D eigenvalue weighted by Crippen LogP contribution is -2.29. The van der Waals surface area contributed by atoms with Crippen LogP contribution in [-0.4, -0.2) is 27.5 Å². The Labute approximate surface area is 186 Å². The van der Waals surface area contributed by atoms with Crippen molar-refractivity contribution < 1.29 is 17.9 Å². The third kappa shape index (κ3) is 4.68. The maximum atomic E-state index is 13.0. The van der Waals surface area contributed by atoms with Crippen LogP contribution in [0.2, 0.25) is 5.02 Å². The summed E-state index contributed by atoms with van der Waals surface area (Å²) in [4.78, 5) is 12.2. The molecule has 31 heavy (non-hydrogen) atoms. The fraction of sp³-hybridized carbons (Fsp3) is 0.174. The van der Waals surface area contributed by atoms with Crippen LogP contribution in [0.3, 0.4) is 0 Å². The molecular formula is C23H21ClN2O4S. The molecule has 160 valence electrons. The van der Waals surface area contributed by atoms with Gasteiger partial charge in [0, 0.05) is 18.1 Å². The summed E-state index contributed by atoms with van der Waals surface area (Å²) in [5, 5.41) is 3.33. The smallest absolute Gasteiger partial charge is 0.264 e. The van der Waals surface area contributed by atoms with Crippen LogP contribution in [0.5, 0.6) is 5.75 Å². The number of anilines is 1. The van der Waals surface area contributed by atoms with Gasteiger partial charge in [0.2, 0.25) is 0 Å². The highest BCUT2D eigenvalue weighted by Gasteiger charge is 2.30. The number of nitrogens with zero attached hydrogens (tertiary/aromatic N) is 1. The fourth-order valence-electron chi connectivity index (χ4n) is 3.43. The largest absolute Gasteiger partial charge is 0.484 e. The number of benzene rings is 3. The molecule has 0 aliphatic carbocycles. The highest BCUT2D eigenvalue weighted by Crippen LogP contribution is 2.33. The standard InChI is InChI=1S/C23H21ClN2O4S/c24-21-7-3-1-6-18(21)15-25-23(27)16-30-19-9-11-20(12-10-19)31(28,29)26-14-13-17-5-2-4-8-22(17)26/h1-12H,13-16H2,(H,25,27). The van der Waals surface area contributed by atoms with Crippen molar-refractivity contribution in [1.82, 2.24) is 5.32 Å². The zero-order chi connectivity index (χ0) is 21.8. The van der Waals surface area contributed by atoms with Gasteiger partial charge in [-0.2, -0.15) is 0 Å². The number of carbonyl (C=O) groups excluding carboxylic acids is 1. The Morgan fingerprint density at radius 3 is 2.48 bits per heavy atom. The Bertz CT molecular complexity index is 1200. The molecule has 0 saturated heterocycles. The molecule has 0 spiro atoms. The Kier molecular flexibility index (Phi) is 6.15. The summed E-state index contributed by atoms with van der Waals surface area (Å²) in [6, 6.07) is 20.9. The average Bonchev–Trinajstić information content (AvgIpc) is 3.22. The number of hydrogen-bond acceptors (Lipinski definition) is 4. The lowest BCUT2D eigenvalue weighted by Gasteiger charge is -2.19.